The maximum absolute atomic E-state index is 13.6. The van der Waals surface area contributed by atoms with Crippen molar-refractivity contribution in [2.24, 2.45) is 5.16 Å². The van der Waals surface area contributed by atoms with Gasteiger partial charge in [0.05, 0.1) is 30.0 Å². The van der Waals surface area contributed by atoms with Crippen LogP contribution in [0.15, 0.2) is 47.8 Å². The quantitative estimate of drug-likeness (QED) is 0.238. The van der Waals surface area contributed by atoms with E-state index in [2.05, 4.69) is 10.5 Å². The molecule has 0 saturated carbocycles. The molecular formula is C21H16F4N4O3. The second kappa shape index (κ2) is 8.32. The number of anilines is 1. The van der Waals surface area contributed by atoms with Crippen LogP contribution in [0.1, 0.15) is 23.6 Å². The number of fused-ring (bicyclic) bond motifs is 1. The summed E-state index contributed by atoms with van der Waals surface area (Å²) in [5.74, 6) is -1.55. The molecule has 32 heavy (non-hydrogen) atoms. The molecule has 0 fully saturated rings. The third kappa shape index (κ3) is 4.55. The normalized spacial score (nSPS) is 13.8. The van der Waals surface area contributed by atoms with Crippen LogP contribution < -0.4 is 5.32 Å². The molecule has 0 bridgehead atoms. The van der Waals surface area contributed by atoms with Crippen LogP contribution in [0.25, 0.3) is 10.9 Å². The van der Waals surface area contributed by atoms with E-state index in [0.717, 1.165) is 25.3 Å². The molecular weight excluding hydrogens is 432 g/mol. The van der Waals surface area contributed by atoms with Gasteiger partial charge in [-0.05, 0) is 43.3 Å². The molecule has 2 aromatic carbocycles. The molecule has 3 N–H and O–H groups in total. The number of benzene rings is 2. The average Bonchev–Trinajstić information content (AvgIpc) is 3.03. The van der Waals surface area contributed by atoms with E-state index in [0.29, 0.717) is 22.5 Å². The molecule has 166 valence electrons. The number of hydrogen-bond donors (Lipinski definition) is 3. The maximum atomic E-state index is 13.6. The van der Waals surface area contributed by atoms with E-state index in [1.165, 1.54) is 35.0 Å². The number of amides is 1. The van der Waals surface area contributed by atoms with Crippen molar-refractivity contribution in [3.05, 3.63) is 65.1 Å². The molecule has 0 aliphatic rings. The molecule has 0 radical (unpaired) electrons. The highest BCUT2D eigenvalue weighted by Gasteiger charge is 2.35. The predicted octanol–water partition coefficient (Wildman–Crippen LogP) is 3.87. The van der Waals surface area contributed by atoms with Gasteiger partial charge in [0.1, 0.15) is 5.82 Å². The van der Waals surface area contributed by atoms with Crippen LogP contribution >= 0.6 is 0 Å². The molecule has 0 spiro atoms. The maximum Gasteiger partial charge on any atom is 0.417 e. The van der Waals surface area contributed by atoms with E-state index >= 15 is 0 Å². The molecule has 0 aliphatic carbocycles. The monoisotopic (exact) mass is 448 g/mol. The number of hydrogen-bond acceptors (Lipinski definition) is 5. The van der Waals surface area contributed by atoms with Gasteiger partial charge in [-0.25, -0.2) is 4.39 Å². The summed E-state index contributed by atoms with van der Waals surface area (Å²) in [6, 6.07) is 7.84. The molecule has 1 atom stereocenters. The first kappa shape index (κ1) is 22.8. The Morgan fingerprint density at radius 1 is 1.28 bits per heavy atom. The lowest BCUT2D eigenvalue weighted by atomic mass is 10.0. The van der Waals surface area contributed by atoms with E-state index in [1.807, 2.05) is 0 Å². The Bertz CT molecular complexity index is 1260. The molecule has 7 nitrogen and oxygen atoms in total. The fraction of sp³-hybridized carbons (Fsp3) is 0.190. The topological polar surface area (TPSA) is 111 Å². The van der Waals surface area contributed by atoms with Crippen LogP contribution in [0.2, 0.25) is 0 Å². The third-order valence-electron chi connectivity index (χ3n) is 4.74. The second-order valence-corrected chi connectivity index (χ2v) is 7.22. The number of aliphatic hydroxyl groups is 1. The molecule has 1 amide bonds. The Morgan fingerprint density at radius 3 is 2.62 bits per heavy atom. The zero-order valence-corrected chi connectivity index (χ0v) is 16.5. The van der Waals surface area contributed by atoms with Gasteiger partial charge in [0.25, 0.3) is 5.91 Å². The predicted molar refractivity (Wildman–Crippen MR) is 107 cm³/mol. The fourth-order valence-electron chi connectivity index (χ4n) is 3.22. The summed E-state index contributed by atoms with van der Waals surface area (Å²) in [7, 11) is 0. The number of nitrogens with zero attached hydrogens (tertiary/aromatic N) is 3. The SMILES string of the molecule is C[C@](O)(Cn1cc(C=NO)c2cc(F)ccc21)C(=O)Nc1ccc(C#N)c(C(F)(F)F)c1. The zero-order valence-electron chi connectivity index (χ0n) is 16.5. The smallest absolute Gasteiger partial charge is 0.411 e. The lowest BCUT2D eigenvalue weighted by Crippen LogP contribution is -2.43. The van der Waals surface area contributed by atoms with E-state index in [1.54, 1.807) is 0 Å². The highest BCUT2D eigenvalue weighted by atomic mass is 19.4. The summed E-state index contributed by atoms with van der Waals surface area (Å²) >= 11 is 0. The van der Waals surface area contributed by atoms with Crippen LogP contribution in [0, 0.1) is 17.1 Å². The first-order chi connectivity index (χ1) is 15.0. The number of oxime groups is 1. The minimum atomic E-state index is -4.81. The lowest BCUT2D eigenvalue weighted by molar-refractivity contribution is -0.138. The Kier molecular flexibility index (Phi) is 5.92. The van der Waals surface area contributed by atoms with Gasteiger partial charge < -0.3 is 20.2 Å². The number of carbonyl (C=O) groups is 1. The molecule has 0 unspecified atom stereocenters. The van der Waals surface area contributed by atoms with Gasteiger partial charge in [0, 0.05) is 28.4 Å². The van der Waals surface area contributed by atoms with Gasteiger partial charge in [-0.1, -0.05) is 5.16 Å². The van der Waals surface area contributed by atoms with Gasteiger partial charge in [0.2, 0.25) is 0 Å². The second-order valence-electron chi connectivity index (χ2n) is 7.22. The average molecular weight is 448 g/mol. The van der Waals surface area contributed by atoms with Gasteiger partial charge in [-0.2, -0.15) is 18.4 Å². The van der Waals surface area contributed by atoms with Crippen LogP contribution in [0.4, 0.5) is 23.2 Å². The third-order valence-corrected chi connectivity index (χ3v) is 4.74. The van der Waals surface area contributed by atoms with Crippen molar-refractivity contribution >= 4 is 28.7 Å². The molecule has 0 aliphatic heterocycles. The number of halogens is 4. The fourth-order valence-corrected chi connectivity index (χ4v) is 3.22. The van der Waals surface area contributed by atoms with E-state index in [9.17, 15) is 27.5 Å². The van der Waals surface area contributed by atoms with E-state index in [-0.39, 0.29) is 12.2 Å². The first-order valence-electron chi connectivity index (χ1n) is 9.07. The standard InChI is InChI=1S/C21H16F4N4O3/c1-20(31,11-29-10-13(9-27-32)16-6-14(22)3-5-18(16)29)19(30)28-15-4-2-12(8-26)17(7-15)21(23,24)25/h2-7,9-10,31-32H,11H2,1H3,(H,28,30)/t20-/m0/s1. The Hall–Kier alpha value is -3.91. The number of carbonyl (C=O) groups excluding carboxylic acids is 1. The minimum absolute atomic E-state index is 0.255. The van der Waals surface area contributed by atoms with Crippen molar-refractivity contribution in [1.82, 2.24) is 4.57 Å². The van der Waals surface area contributed by atoms with Crippen LogP contribution in [0.5, 0.6) is 0 Å². The number of nitriles is 1. The summed E-state index contributed by atoms with van der Waals surface area (Å²) in [5, 5.41) is 33.9. The Balaban J connectivity index is 1.90. The molecule has 0 saturated heterocycles. The van der Waals surface area contributed by atoms with Crippen molar-refractivity contribution in [1.29, 1.82) is 5.26 Å². The largest absolute Gasteiger partial charge is 0.417 e. The van der Waals surface area contributed by atoms with Crippen molar-refractivity contribution < 1.29 is 32.7 Å². The summed E-state index contributed by atoms with van der Waals surface area (Å²) in [6.07, 6.45) is -2.32. The highest BCUT2D eigenvalue weighted by molar-refractivity contribution is 6.00. The van der Waals surface area contributed by atoms with Crippen LogP contribution in [-0.2, 0) is 17.5 Å². The molecule has 1 aromatic heterocycles. The molecule has 1 heterocycles. The Labute approximate surface area is 178 Å². The molecule has 3 aromatic rings. The number of aromatic nitrogens is 1. The minimum Gasteiger partial charge on any atom is -0.411 e. The summed E-state index contributed by atoms with van der Waals surface area (Å²) in [6.45, 7) is 0.814. The van der Waals surface area contributed by atoms with Gasteiger partial charge in [-0.15, -0.1) is 0 Å². The highest BCUT2D eigenvalue weighted by Crippen LogP contribution is 2.34. The van der Waals surface area contributed by atoms with Crippen LogP contribution in [-0.4, -0.2) is 32.6 Å². The lowest BCUT2D eigenvalue weighted by Gasteiger charge is -2.24. The summed E-state index contributed by atoms with van der Waals surface area (Å²) in [4.78, 5) is 12.6. The number of nitrogens with one attached hydrogen (secondary N) is 1. The van der Waals surface area contributed by atoms with Gasteiger partial charge in [-0.3, -0.25) is 4.79 Å². The first-order valence-corrected chi connectivity index (χ1v) is 9.07. The number of alkyl halides is 3. The van der Waals surface area contributed by atoms with Crippen molar-refractivity contribution in [2.45, 2.75) is 25.2 Å². The summed E-state index contributed by atoms with van der Waals surface area (Å²) in [5.41, 5.74) is -3.43. The summed E-state index contributed by atoms with van der Waals surface area (Å²) < 4.78 is 54.5. The van der Waals surface area contributed by atoms with Gasteiger partial charge >= 0.3 is 6.18 Å². The molecule has 11 heteroatoms. The van der Waals surface area contributed by atoms with E-state index in [4.69, 9.17) is 10.5 Å². The number of rotatable bonds is 5. The van der Waals surface area contributed by atoms with Gasteiger partial charge in [0.15, 0.2) is 5.60 Å². The van der Waals surface area contributed by atoms with Crippen molar-refractivity contribution in [3.63, 3.8) is 0 Å². The van der Waals surface area contributed by atoms with Crippen LogP contribution in [0.3, 0.4) is 0 Å². The molecule has 3 rings (SSSR count). The Morgan fingerprint density at radius 2 is 2.00 bits per heavy atom. The van der Waals surface area contributed by atoms with Crippen molar-refractivity contribution in [2.75, 3.05) is 5.32 Å². The van der Waals surface area contributed by atoms with E-state index < -0.39 is 34.6 Å². The zero-order chi connectivity index (χ0) is 23.7. The van der Waals surface area contributed by atoms with Crippen molar-refractivity contribution in [3.8, 4) is 6.07 Å².